The summed E-state index contributed by atoms with van der Waals surface area (Å²) < 4.78 is 14.8. The van der Waals surface area contributed by atoms with Crippen LogP contribution in [0.15, 0.2) is 54.9 Å². The van der Waals surface area contributed by atoms with Crippen molar-refractivity contribution in [2.45, 2.75) is 6.54 Å². The number of halogens is 3. The third-order valence-electron chi connectivity index (χ3n) is 3.36. The molecule has 4 nitrogen and oxygen atoms in total. The van der Waals surface area contributed by atoms with Crippen molar-refractivity contribution in [2.75, 3.05) is 5.32 Å². The molecule has 0 saturated carbocycles. The highest BCUT2D eigenvalue weighted by atomic mass is 35.5. The second-order valence-electron chi connectivity index (χ2n) is 5.10. The van der Waals surface area contributed by atoms with Gasteiger partial charge in [-0.05, 0) is 29.8 Å². The van der Waals surface area contributed by atoms with Crippen molar-refractivity contribution in [3.63, 3.8) is 0 Å². The van der Waals surface area contributed by atoms with Crippen LogP contribution in [0.3, 0.4) is 0 Å². The van der Waals surface area contributed by atoms with E-state index in [1.807, 2.05) is 18.2 Å². The van der Waals surface area contributed by atoms with Gasteiger partial charge in [0, 0.05) is 16.9 Å². The van der Waals surface area contributed by atoms with Crippen LogP contribution in [0, 0.1) is 5.82 Å². The lowest BCUT2D eigenvalue weighted by molar-refractivity contribution is 0.102. The average molecular weight is 364 g/mol. The molecule has 1 N–H and O–H groups in total. The maximum absolute atomic E-state index is 13.1. The molecule has 7 heteroatoms. The van der Waals surface area contributed by atoms with E-state index < -0.39 is 5.82 Å². The second kappa shape index (κ2) is 7.03. The van der Waals surface area contributed by atoms with Gasteiger partial charge in [-0.1, -0.05) is 41.4 Å². The zero-order valence-electron chi connectivity index (χ0n) is 12.3. The second-order valence-corrected chi connectivity index (χ2v) is 5.92. The Bertz CT molecular complexity index is 895. The molecule has 3 rings (SSSR count). The summed E-state index contributed by atoms with van der Waals surface area (Å²) in [7, 11) is 0. The fourth-order valence-electron chi connectivity index (χ4n) is 2.15. The van der Waals surface area contributed by atoms with Gasteiger partial charge in [0.15, 0.2) is 0 Å². The molecule has 0 unspecified atom stereocenters. The standard InChI is InChI=1S/C17H12Cl2FN3O/c18-14-4-2-1-3-11(14)9-23-10-12(8-21-23)17(24)22-13-5-6-16(20)15(19)7-13/h1-8,10H,9H2,(H,22,24). The first-order valence-corrected chi connectivity index (χ1v) is 7.81. The maximum Gasteiger partial charge on any atom is 0.258 e. The molecule has 0 aliphatic rings. The predicted molar refractivity (Wildman–Crippen MR) is 92.1 cm³/mol. The van der Waals surface area contributed by atoms with Crippen molar-refractivity contribution >= 4 is 34.8 Å². The summed E-state index contributed by atoms with van der Waals surface area (Å²) in [5.74, 6) is -0.898. The minimum Gasteiger partial charge on any atom is -0.322 e. The molecule has 1 aromatic heterocycles. The largest absolute Gasteiger partial charge is 0.322 e. The van der Waals surface area contributed by atoms with E-state index in [4.69, 9.17) is 23.2 Å². The van der Waals surface area contributed by atoms with Gasteiger partial charge in [0.25, 0.3) is 5.91 Å². The molecule has 1 heterocycles. The van der Waals surface area contributed by atoms with E-state index in [2.05, 4.69) is 10.4 Å². The number of rotatable bonds is 4. The summed E-state index contributed by atoms with van der Waals surface area (Å²) in [5, 5.41) is 7.39. The number of hydrogen-bond acceptors (Lipinski definition) is 2. The highest BCUT2D eigenvalue weighted by Gasteiger charge is 2.11. The fourth-order valence-corrected chi connectivity index (χ4v) is 2.52. The van der Waals surface area contributed by atoms with Crippen LogP contribution >= 0.6 is 23.2 Å². The molecule has 0 saturated heterocycles. The fraction of sp³-hybridized carbons (Fsp3) is 0.0588. The van der Waals surface area contributed by atoms with Crippen LogP contribution in [-0.4, -0.2) is 15.7 Å². The minimum atomic E-state index is -0.540. The number of benzene rings is 2. The normalized spacial score (nSPS) is 10.6. The third kappa shape index (κ3) is 3.75. The molecule has 0 aliphatic heterocycles. The molecular weight excluding hydrogens is 352 g/mol. The Morgan fingerprint density at radius 2 is 1.96 bits per heavy atom. The van der Waals surface area contributed by atoms with E-state index in [0.29, 0.717) is 22.8 Å². The van der Waals surface area contributed by atoms with Crippen molar-refractivity contribution in [3.8, 4) is 0 Å². The summed E-state index contributed by atoms with van der Waals surface area (Å²) >= 11 is 11.8. The molecular formula is C17H12Cl2FN3O. The van der Waals surface area contributed by atoms with E-state index >= 15 is 0 Å². The Labute approximate surface area is 147 Å². The number of nitrogens with zero attached hydrogens (tertiary/aromatic N) is 2. The predicted octanol–water partition coefficient (Wildman–Crippen LogP) is 4.63. The van der Waals surface area contributed by atoms with Crippen molar-refractivity contribution in [1.29, 1.82) is 0 Å². The van der Waals surface area contributed by atoms with Crippen molar-refractivity contribution in [3.05, 3.63) is 81.8 Å². The van der Waals surface area contributed by atoms with Crippen molar-refractivity contribution in [2.24, 2.45) is 0 Å². The van der Waals surface area contributed by atoms with Gasteiger partial charge in [-0.15, -0.1) is 0 Å². The first kappa shape index (κ1) is 16.5. The van der Waals surface area contributed by atoms with Crippen LogP contribution in [0.5, 0.6) is 0 Å². The van der Waals surface area contributed by atoms with E-state index in [9.17, 15) is 9.18 Å². The molecule has 0 atom stereocenters. The number of hydrogen-bond donors (Lipinski definition) is 1. The lowest BCUT2D eigenvalue weighted by atomic mass is 10.2. The number of amides is 1. The van der Waals surface area contributed by atoms with Crippen LogP contribution in [-0.2, 0) is 6.54 Å². The molecule has 24 heavy (non-hydrogen) atoms. The van der Waals surface area contributed by atoms with Gasteiger partial charge in [0.2, 0.25) is 0 Å². The van der Waals surface area contributed by atoms with E-state index in [1.54, 1.807) is 16.9 Å². The summed E-state index contributed by atoms with van der Waals surface area (Å²) in [6, 6.07) is 11.4. The van der Waals surface area contributed by atoms with Crippen LogP contribution in [0.25, 0.3) is 0 Å². The SMILES string of the molecule is O=C(Nc1ccc(F)c(Cl)c1)c1cnn(Cc2ccccc2Cl)c1. The van der Waals surface area contributed by atoms with Gasteiger partial charge in [0.1, 0.15) is 5.82 Å². The topological polar surface area (TPSA) is 46.9 Å². The smallest absolute Gasteiger partial charge is 0.258 e. The van der Waals surface area contributed by atoms with E-state index in [1.165, 1.54) is 24.4 Å². The number of aromatic nitrogens is 2. The van der Waals surface area contributed by atoms with Crippen molar-refractivity contribution in [1.82, 2.24) is 9.78 Å². The van der Waals surface area contributed by atoms with E-state index in [0.717, 1.165) is 5.56 Å². The Kier molecular flexibility index (Phi) is 4.83. The van der Waals surface area contributed by atoms with Crippen LogP contribution in [0.4, 0.5) is 10.1 Å². The third-order valence-corrected chi connectivity index (χ3v) is 4.02. The monoisotopic (exact) mass is 363 g/mol. The number of nitrogens with one attached hydrogen (secondary N) is 1. The number of anilines is 1. The summed E-state index contributed by atoms with van der Waals surface area (Å²) in [6.45, 7) is 0.454. The van der Waals surface area contributed by atoms with Crippen LogP contribution < -0.4 is 5.32 Å². The Morgan fingerprint density at radius 1 is 1.17 bits per heavy atom. The van der Waals surface area contributed by atoms with Gasteiger partial charge in [-0.25, -0.2) is 4.39 Å². The number of carbonyl (C=O) groups is 1. The highest BCUT2D eigenvalue weighted by Crippen LogP contribution is 2.20. The molecule has 0 bridgehead atoms. The molecule has 0 spiro atoms. The zero-order valence-corrected chi connectivity index (χ0v) is 13.9. The lowest BCUT2D eigenvalue weighted by Gasteiger charge is -2.05. The van der Waals surface area contributed by atoms with Gasteiger partial charge in [-0.2, -0.15) is 5.10 Å². The van der Waals surface area contributed by atoms with Crippen LogP contribution in [0.2, 0.25) is 10.0 Å². The van der Waals surface area contributed by atoms with Crippen LogP contribution in [0.1, 0.15) is 15.9 Å². The number of carbonyl (C=O) groups excluding carboxylic acids is 1. The van der Waals surface area contributed by atoms with Gasteiger partial charge >= 0.3 is 0 Å². The Hall–Kier alpha value is -2.37. The molecule has 0 fully saturated rings. The maximum atomic E-state index is 13.1. The molecule has 0 aliphatic carbocycles. The summed E-state index contributed by atoms with van der Waals surface area (Å²) in [5.41, 5.74) is 1.69. The lowest BCUT2D eigenvalue weighted by Crippen LogP contribution is -2.11. The minimum absolute atomic E-state index is 0.0535. The Balaban J connectivity index is 1.71. The molecule has 122 valence electrons. The first-order valence-electron chi connectivity index (χ1n) is 7.05. The van der Waals surface area contributed by atoms with Gasteiger partial charge in [0.05, 0.1) is 23.3 Å². The van der Waals surface area contributed by atoms with Gasteiger partial charge < -0.3 is 5.32 Å². The average Bonchev–Trinajstić information content (AvgIpc) is 3.02. The molecule has 2 aromatic carbocycles. The first-order chi connectivity index (χ1) is 11.5. The highest BCUT2D eigenvalue weighted by molar-refractivity contribution is 6.31. The van der Waals surface area contributed by atoms with Gasteiger partial charge in [-0.3, -0.25) is 9.48 Å². The summed E-state index contributed by atoms with van der Waals surface area (Å²) in [4.78, 5) is 12.2. The molecule has 1 amide bonds. The quantitative estimate of drug-likeness (QED) is 0.734. The summed E-state index contributed by atoms with van der Waals surface area (Å²) in [6.07, 6.45) is 3.07. The van der Waals surface area contributed by atoms with E-state index in [-0.39, 0.29) is 10.9 Å². The zero-order chi connectivity index (χ0) is 17.1. The Morgan fingerprint density at radius 3 is 2.71 bits per heavy atom. The molecule has 0 radical (unpaired) electrons. The molecule has 3 aromatic rings. The van der Waals surface area contributed by atoms with Crippen molar-refractivity contribution < 1.29 is 9.18 Å².